The van der Waals surface area contributed by atoms with Gasteiger partial charge in [0.2, 0.25) is 5.88 Å². The van der Waals surface area contributed by atoms with Gasteiger partial charge in [0.1, 0.15) is 6.33 Å². The second-order valence-electron chi connectivity index (χ2n) is 5.48. The van der Waals surface area contributed by atoms with E-state index < -0.39 is 0 Å². The molecule has 1 N–H and O–H groups in total. The number of carbonyl (C=O) groups excluding carboxylic acids is 1. The SMILES string of the molecule is COc1nc(C)ccc1CNC(=O)c1ccccc1-c1cncnc1. The fourth-order valence-corrected chi connectivity index (χ4v) is 2.51. The van der Waals surface area contributed by atoms with Gasteiger partial charge in [-0.2, -0.15) is 0 Å². The van der Waals surface area contributed by atoms with Crippen LogP contribution < -0.4 is 10.1 Å². The highest BCUT2D eigenvalue weighted by Gasteiger charge is 2.13. The molecule has 25 heavy (non-hydrogen) atoms. The summed E-state index contributed by atoms with van der Waals surface area (Å²) in [6.07, 6.45) is 4.83. The molecule has 0 unspecified atom stereocenters. The summed E-state index contributed by atoms with van der Waals surface area (Å²) in [5, 5.41) is 2.92. The van der Waals surface area contributed by atoms with Gasteiger partial charge in [0.15, 0.2) is 0 Å². The standard InChI is InChI=1S/C19H18N4O2/c1-13-7-8-14(19(23-13)25-2)11-22-18(24)17-6-4-3-5-16(17)15-9-20-12-21-10-15/h3-10,12H,11H2,1-2H3,(H,22,24). The van der Waals surface area contributed by atoms with Crippen molar-refractivity contribution in [1.29, 1.82) is 0 Å². The summed E-state index contributed by atoms with van der Waals surface area (Å²) in [7, 11) is 1.57. The first-order valence-electron chi connectivity index (χ1n) is 7.82. The Hall–Kier alpha value is -3.28. The molecule has 0 atom stereocenters. The van der Waals surface area contributed by atoms with Crippen molar-refractivity contribution in [1.82, 2.24) is 20.3 Å². The molecule has 0 aliphatic rings. The summed E-state index contributed by atoms with van der Waals surface area (Å²) >= 11 is 0. The van der Waals surface area contributed by atoms with E-state index in [4.69, 9.17) is 4.74 Å². The second kappa shape index (κ2) is 7.53. The Kier molecular flexibility index (Phi) is 4.99. The molecule has 6 nitrogen and oxygen atoms in total. The van der Waals surface area contributed by atoms with Gasteiger partial charge in [-0.1, -0.05) is 24.3 Å². The molecule has 2 aromatic heterocycles. The number of nitrogens with one attached hydrogen (secondary N) is 1. The van der Waals surface area contributed by atoms with Crippen molar-refractivity contribution >= 4 is 5.91 Å². The Bertz CT molecular complexity index is 882. The van der Waals surface area contributed by atoms with Gasteiger partial charge in [-0.15, -0.1) is 0 Å². The third kappa shape index (κ3) is 3.80. The van der Waals surface area contributed by atoms with Crippen molar-refractivity contribution in [3.05, 3.63) is 71.9 Å². The molecular weight excluding hydrogens is 316 g/mol. The van der Waals surface area contributed by atoms with Gasteiger partial charge in [0.25, 0.3) is 5.91 Å². The Balaban J connectivity index is 1.81. The van der Waals surface area contributed by atoms with Crippen molar-refractivity contribution in [2.75, 3.05) is 7.11 Å². The van der Waals surface area contributed by atoms with E-state index >= 15 is 0 Å². The minimum Gasteiger partial charge on any atom is -0.481 e. The molecule has 6 heteroatoms. The molecular formula is C19H18N4O2. The largest absolute Gasteiger partial charge is 0.481 e. The quantitative estimate of drug-likeness (QED) is 0.776. The van der Waals surface area contributed by atoms with E-state index in [0.29, 0.717) is 18.0 Å². The zero-order valence-corrected chi connectivity index (χ0v) is 14.1. The molecule has 0 radical (unpaired) electrons. The smallest absolute Gasteiger partial charge is 0.252 e. The molecule has 3 aromatic rings. The average Bonchev–Trinajstić information content (AvgIpc) is 2.67. The summed E-state index contributed by atoms with van der Waals surface area (Å²) in [5.74, 6) is 0.340. The Morgan fingerprint density at radius 1 is 1.12 bits per heavy atom. The molecule has 126 valence electrons. The highest BCUT2D eigenvalue weighted by Crippen LogP contribution is 2.22. The summed E-state index contributed by atoms with van der Waals surface area (Å²) in [6, 6.07) is 11.2. The predicted octanol–water partition coefficient (Wildman–Crippen LogP) is 2.79. The fourth-order valence-electron chi connectivity index (χ4n) is 2.51. The molecule has 0 saturated carbocycles. The van der Waals surface area contributed by atoms with Crippen LogP contribution in [0.15, 0.2) is 55.1 Å². The number of hydrogen-bond donors (Lipinski definition) is 1. The fraction of sp³-hybridized carbons (Fsp3) is 0.158. The molecule has 2 heterocycles. The molecule has 1 aromatic carbocycles. The number of ether oxygens (including phenoxy) is 1. The van der Waals surface area contributed by atoms with Crippen LogP contribution in [-0.4, -0.2) is 28.0 Å². The summed E-state index contributed by atoms with van der Waals surface area (Å²) in [5.41, 5.74) is 3.83. The number of hydrogen-bond acceptors (Lipinski definition) is 5. The topological polar surface area (TPSA) is 77.0 Å². The van der Waals surface area contributed by atoms with Crippen LogP contribution in [0, 0.1) is 6.92 Å². The monoisotopic (exact) mass is 334 g/mol. The molecule has 0 bridgehead atoms. The van der Waals surface area contributed by atoms with Crippen LogP contribution in [0.25, 0.3) is 11.1 Å². The number of aryl methyl sites for hydroxylation is 1. The van der Waals surface area contributed by atoms with Crippen molar-refractivity contribution in [3.63, 3.8) is 0 Å². The lowest BCUT2D eigenvalue weighted by Gasteiger charge is -2.12. The van der Waals surface area contributed by atoms with E-state index in [2.05, 4.69) is 20.3 Å². The van der Waals surface area contributed by atoms with Crippen molar-refractivity contribution in [2.45, 2.75) is 13.5 Å². The molecule has 0 aliphatic heterocycles. The van der Waals surface area contributed by atoms with Gasteiger partial charge in [0.05, 0.1) is 7.11 Å². The van der Waals surface area contributed by atoms with E-state index in [-0.39, 0.29) is 5.91 Å². The summed E-state index contributed by atoms with van der Waals surface area (Å²) < 4.78 is 5.28. The van der Waals surface area contributed by atoms with E-state index in [1.54, 1.807) is 25.6 Å². The summed E-state index contributed by atoms with van der Waals surface area (Å²) in [6.45, 7) is 2.22. The Labute approximate surface area is 145 Å². The molecule has 0 aliphatic carbocycles. The minimum absolute atomic E-state index is 0.179. The Morgan fingerprint density at radius 2 is 1.88 bits per heavy atom. The van der Waals surface area contributed by atoms with Gasteiger partial charge in [0, 0.05) is 41.3 Å². The van der Waals surface area contributed by atoms with Crippen LogP contribution in [0.1, 0.15) is 21.6 Å². The van der Waals surface area contributed by atoms with Gasteiger partial charge in [-0.05, 0) is 24.6 Å². The molecule has 0 fully saturated rings. The molecule has 0 saturated heterocycles. The lowest BCUT2D eigenvalue weighted by Crippen LogP contribution is -2.24. The first kappa shape index (κ1) is 16.6. The number of benzene rings is 1. The van der Waals surface area contributed by atoms with Crippen LogP contribution in [0.5, 0.6) is 5.88 Å². The first-order valence-corrected chi connectivity index (χ1v) is 7.82. The van der Waals surface area contributed by atoms with Gasteiger partial charge in [-0.25, -0.2) is 15.0 Å². The van der Waals surface area contributed by atoms with Crippen LogP contribution in [-0.2, 0) is 6.54 Å². The number of pyridine rings is 1. The third-order valence-corrected chi connectivity index (χ3v) is 3.75. The van der Waals surface area contributed by atoms with E-state index in [1.165, 1.54) is 6.33 Å². The van der Waals surface area contributed by atoms with E-state index in [0.717, 1.165) is 22.4 Å². The normalized spacial score (nSPS) is 10.3. The maximum Gasteiger partial charge on any atom is 0.252 e. The van der Waals surface area contributed by atoms with Crippen molar-refractivity contribution in [3.8, 4) is 17.0 Å². The van der Waals surface area contributed by atoms with Crippen LogP contribution in [0.4, 0.5) is 0 Å². The number of nitrogens with zero attached hydrogens (tertiary/aromatic N) is 3. The Morgan fingerprint density at radius 3 is 2.64 bits per heavy atom. The highest BCUT2D eigenvalue weighted by molar-refractivity contribution is 6.00. The highest BCUT2D eigenvalue weighted by atomic mass is 16.5. The number of methoxy groups -OCH3 is 1. The molecule has 3 rings (SSSR count). The average molecular weight is 334 g/mol. The number of amides is 1. The summed E-state index contributed by atoms with van der Waals surface area (Å²) in [4.78, 5) is 25.0. The zero-order chi connectivity index (χ0) is 17.6. The second-order valence-corrected chi connectivity index (χ2v) is 5.48. The predicted molar refractivity (Wildman–Crippen MR) is 94.2 cm³/mol. The maximum atomic E-state index is 12.7. The minimum atomic E-state index is -0.179. The van der Waals surface area contributed by atoms with Gasteiger partial charge >= 0.3 is 0 Å². The van der Waals surface area contributed by atoms with Crippen molar-refractivity contribution in [2.24, 2.45) is 0 Å². The van der Waals surface area contributed by atoms with Crippen LogP contribution in [0.3, 0.4) is 0 Å². The van der Waals surface area contributed by atoms with Gasteiger partial charge in [-0.3, -0.25) is 4.79 Å². The number of rotatable bonds is 5. The van der Waals surface area contributed by atoms with Crippen molar-refractivity contribution < 1.29 is 9.53 Å². The van der Waals surface area contributed by atoms with Crippen LogP contribution >= 0.6 is 0 Å². The maximum absolute atomic E-state index is 12.7. The number of aromatic nitrogens is 3. The molecule has 1 amide bonds. The first-order chi connectivity index (χ1) is 12.2. The van der Waals surface area contributed by atoms with E-state index in [9.17, 15) is 4.79 Å². The lowest BCUT2D eigenvalue weighted by molar-refractivity contribution is 0.0951. The number of carbonyl (C=O) groups is 1. The van der Waals surface area contributed by atoms with Crippen LogP contribution in [0.2, 0.25) is 0 Å². The lowest BCUT2D eigenvalue weighted by atomic mass is 10.0. The van der Waals surface area contributed by atoms with E-state index in [1.807, 2.05) is 37.3 Å². The molecule has 0 spiro atoms. The third-order valence-electron chi connectivity index (χ3n) is 3.75. The zero-order valence-electron chi connectivity index (χ0n) is 14.1. The van der Waals surface area contributed by atoms with Gasteiger partial charge < -0.3 is 10.1 Å².